The number of carboxylic acid groups (broad SMARTS) is 1. The van der Waals surface area contributed by atoms with Gasteiger partial charge in [-0.15, -0.1) is 0 Å². The minimum Gasteiger partial charge on any atom is -0.497 e. The van der Waals surface area contributed by atoms with Crippen molar-refractivity contribution >= 4 is 17.0 Å². The maximum Gasteiger partial charge on any atom is 0.303 e. The van der Waals surface area contributed by atoms with Crippen LogP contribution in [0.3, 0.4) is 0 Å². The van der Waals surface area contributed by atoms with Crippen molar-refractivity contribution in [1.29, 1.82) is 0 Å². The summed E-state index contributed by atoms with van der Waals surface area (Å²) in [7, 11) is 1.67. The van der Waals surface area contributed by atoms with Gasteiger partial charge in [0.25, 0.3) is 0 Å². The van der Waals surface area contributed by atoms with Gasteiger partial charge in [0.2, 0.25) is 0 Å². The molecule has 0 aliphatic carbocycles. The zero-order chi connectivity index (χ0) is 24.8. The van der Waals surface area contributed by atoms with Crippen LogP contribution in [0.15, 0.2) is 60.7 Å². The van der Waals surface area contributed by atoms with Crippen molar-refractivity contribution in [3.05, 3.63) is 88.7 Å². The number of benzene rings is 3. The van der Waals surface area contributed by atoms with E-state index in [9.17, 15) is 4.79 Å². The number of aryl methyl sites for hydroxylation is 3. The van der Waals surface area contributed by atoms with Gasteiger partial charge in [0.15, 0.2) is 0 Å². The van der Waals surface area contributed by atoms with Gasteiger partial charge < -0.3 is 19.1 Å². The van der Waals surface area contributed by atoms with Gasteiger partial charge in [-0.2, -0.15) is 0 Å². The van der Waals surface area contributed by atoms with Crippen LogP contribution in [0.1, 0.15) is 48.3 Å². The van der Waals surface area contributed by atoms with Gasteiger partial charge >= 0.3 is 5.97 Å². The van der Waals surface area contributed by atoms with Crippen LogP contribution in [0.25, 0.3) is 11.0 Å². The Bertz CT molecular complexity index is 1330. The van der Waals surface area contributed by atoms with Crippen molar-refractivity contribution in [3.8, 4) is 11.5 Å². The van der Waals surface area contributed by atoms with Crippen LogP contribution >= 0.6 is 0 Å². The average molecular weight is 473 g/mol. The molecular weight excluding hydrogens is 440 g/mol. The second-order valence-corrected chi connectivity index (χ2v) is 8.57. The number of aromatic nitrogens is 2. The van der Waals surface area contributed by atoms with Gasteiger partial charge in [0.1, 0.15) is 23.9 Å². The summed E-state index contributed by atoms with van der Waals surface area (Å²) in [6.07, 6.45) is 2.37. The Morgan fingerprint density at radius 2 is 1.80 bits per heavy atom. The molecule has 1 N–H and O–H groups in total. The minimum atomic E-state index is -0.775. The van der Waals surface area contributed by atoms with E-state index < -0.39 is 5.97 Å². The lowest BCUT2D eigenvalue weighted by atomic mass is 9.98. The molecule has 1 heterocycles. The minimum absolute atomic E-state index is 0.140. The van der Waals surface area contributed by atoms with Crippen LogP contribution in [0.5, 0.6) is 11.5 Å². The predicted octanol–water partition coefficient (Wildman–Crippen LogP) is 5.81. The summed E-state index contributed by atoms with van der Waals surface area (Å²) in [5.74, 6) is 1.84. The van der Waals surface area contributed by atoms with Crippen LogP contribution in [0.2, 0.25) is 0 Å². The zero-order valence-electron chi connectivity index (χ0n) is 20.6. The first kappa shape index (κ1) is 24.3. The second-order valence-electron chi connectivity index (χ2n) is 8.57. The SMILES string of the molecule is CCc1cc(COc2ccc(OC)cc2Cn2c(CC)nc3ccccc32)ccc1CCC(=O)O. The molecule has 35 heavy (non-hydrogen) atoms. The highest BCUT2D eigenvalue weighted by Crippen LogP contribution is 2.28. The average Bonchev–Trinajstić information content (AvgIpc) is 3.24. The number of imidazole rings is 1. The maximum atomic E-state index is 11.0. The van der Waals surface area contributed by atoms with Crippen LogP contribution in [0.4, 0.5) is 0 Å². The van der Waals surface area contributed by atoms with Crippen molar-refractivity contribution < 1.29 is 19.4 Å². The highest BCUT2D eigenvalue weighted by molar-refractivity contribution is 5.76. The van der Waals surface area contributed by atoms with Crippen molar-refractivity contribution in [2.45, 2.75) is 52.7 Å². The number of hydrogen-bond donors (Lipinski definition) is 1. The number of carbonyl (C=O) groups is 1. The molecule has 0 unspecified atom stereocenters. The van der Waals surface area contributed by atoms with Crippen LogP contribution in [0, 0.1) is 0 Å². The molecule has 4 rings (SSSR count). The highest BCUT2D eigenvalue weighted by Gasteiger charge is 2.14. The molecule has 182 valence electrons. The van der Waals surface area contributed by atoms with E-state index >= 15 is 0 Å². The molecule has 0 atom stereocenters. The lowest BCUT2D eigenvalue weighted by Gasteiger charge is -2.16. The first-order chi connectivity index (χ1) is 17.0. The van der Waals surface area contributed by atoms with Gasteiger partial charge in [-0.25, -0.2) is 4.98 Å². The van der Waals surface area contributed by atoms with E-state index in [4.69, 9.17) is 19.6 Å². The van der Waals surface area contributed by atoms with Crippen LogP contribution in [-0.4, -0.2) is 27.7 Å². The molecule has 4 aromatic rings. The smallest absolute Gasteiger partial charge is 0.303 e. The lowest BCUT2D eigenvalue weighted by Crippen LogP contribution is -2.07. The van der Waals surface area contributed by atoms with Crippen molar-refractivity contribution in [2.75, 3.05) is 7.11 Å². The van der Waals surface area contributed by atoms with E-state index in [2.05, 4.69) is 30.5 Å². The van der Waals surface area contributed by atoms with Gasteiger partial charge in [0, 0.05) is 18.4 Å². The number of aliphatic carboxylic acids is 1. The second kappa shape index (κ2) is 11.1. The Kier molecular flexibility index (Phi) is 7.70. The quantitative estimate of drug-likeness (QED) is 0.298. The summed E-state index contributed by atoms with van der Waals surface area (Å²) in [5.41, 5.74) is 6.43. The Balaban J connectivity index is 1.59. The van der Waals surface area contributed by atoms with E-state index in [1.165, 1.54) is 5.56 Å². The normalized spacial score (nSPS) is 11.1. The largest absolute Gasteiger partial charge is 0.497 e. The Hall–Kier alpha value is -3.80. The Labute approximate surface area is 206 Å². The fourth-order valence-corrected chi connectivity index (χ4v) is 4.43. The van der Waals surface area contributed by atoms with Gasteiger partial charge in [-0.1, -0.05) is 44.2 Å². The molecular formula is C29H32N2O4. The topological polar surface area (TPSA) is 73.6 Å². The third kappa shape index (κ3) is 5.65. The summed E-state index contributed by atoms with van der Waals surface area (Å²) in [4.78, 5) is 15.8. The Morgan fingerprint density at radius 3 is 2.54 bits per heavy atom. The summed E-state index contributed by atoms with van der Waals surface area (Å²) in [5, 5.41) is 9.02. The molecule has 0 aliphatic heterocycles. The maximum absolute atomic E-state index is 11.0. The molecule has 0 amide bonds. The fourth-order valence-electron chi connectivity index (χ4n) is 4.43. The third-order valence-electron chi connectivity index (χ3n) is 6.30. The predicted molar refractivity (Wildman–Crippen MR) is 137 cm³/mol. The van der Waals surface area contributed by atoms with E-state index in [0.717, 1.165) is 57.9 Å². The molecule has 6 heteroatoms. The van der Waals surface area contributed by atoms with Gasteiger partial charge in [-0.05, 0) is 59.9 Å². The summed E-state index contributed by atoms with van der Waals surface area (Å²) in [6, 6.07) is 20.3. The summed E-state index contributed by atoms with van der Waals surface area (Å²) < 4.78 is 14.0. The molecule has 6 nitrogen and oxygen atoms in total. The summed E-state index contributed by atoms with van der Waals surface area (Å²) in [6.45, 7) is 5.26. The zero-order valence-corrected chi connectivity index (χ0v) is 20.6. The number of para-hydroxylation sites is 2. The number of hydrogen-bond acceptors (Lipinski definition) is 4. The van der Waals surface area contributed by atoms with Gasteiger partial charge in [-0.3, -0.25) is 4.79 Å². The monoisotopic (exact) mass is 472 g/mol. The first-order valence-electron chi connectivity index (χ1n) is 12.1. The molecule has 0 fully saturated rings. The number of rotatable bonds is 11. The van der Waals surface area contributed by atoms with E-state index in [1.807, 2.05) is 48.5 Å². The van der Waals surface area contributed by atoms with E-state index in [0.29, 0.717) is 19.6 Å². The molecule has 0 spiro atoms. The Morgan fingerprint density at radius 1 is 0.971 bits per heavy atom. The number of carboxylic acids is 1. The van der Waals surface area contributed by atoms with Crippen molar-refractivity contribution in [1.82, 2.24) is 9.55 Å². The molecule has 0 radical (unpaired) electrons. The van der Waals surface area contributed by atoms with Gasteiger partial charge in [0.05, 0.1) is 24.7 Å². The number of ether oxygens (including phenoxy) is 2. The molecule has 0 saturated heterocycles. The molecule has 0 aliphatic rings. The summed E-state index contributed by atoms with van der Waals surface area (Å²) >= 11 is 0. The third-order valence-corrected chi connectivity index (χ3v) is 6.30. The van der Waals surface area contributed by atoms with Crippen molar-refractivity contribution in [3.63, 3.8) is 0 Å². The van der Waals surface area contributed by atoms with Crippen LogP contribution < -0.4 is 9.47 Å². The molecule has 1 aromatic heterocycles. The lowest BCUT2D eigenvalue weighted by molar-refractivity contribution is -0.136. The number of methoxy groups -OCH3 is 1. The first-order valence-corrected chi connectivity index (χ1v) is 12.1. The highest BCUT2D eigenvalue weighted by atomic mass is 16.5. The number of nitrogens with zero attached hydrogens (tertiary/aromatic N) is 2. The van der Waals surface area contributed by atoms with Crippen LogP contribution in [-0.2, 0) is 37.2 Å². The number of fused-ring (bicyclic) bond motifs is 1. The van der Waals surface area contributed by atoms with E-state index in [1.54, 1.807) is 7.11 Å². The molecule has 0 bridgehead atoms. The van der Waals surface area contributed by atoms with Crippen molar-refractivity contribution in [2.24, 2.45) is 0 Å². The van der Waals surface area contributed by atoms with E-state index in [-0.39, 0.29) is 6.42 Å². The molecule has 0 saturated carbocycles. The fraction of sp³-hybridized carbons (Fsp3) is 0.310. The standard InChI is InChI=1S/C29H32N2O4/c1-4-21-16-20(10-11-22(21)12-15-29(32)33)19-35-27-14-13-24(34-3)17-23(27)18-31-26-9-7-6-8-25(26)30-28(31)5-2/h6-11,13-14,16-17H,4-5,12,15,18-19H2,1-3H3,(H,32,33). The molecule has 3 aromatic carbocycles.